The monoisotopic (exact) mass is 576 g/mol. The van der Waals surface area contributed by atoms with Gasteiger partial charge >= 0.3 is 18.0 Å². The molecule has 0 aliphatic rings. The number of alkyl halides is 6. The fourth-order valence-electron chi connectivity index (χ4n) is 4.29. The molecule has 3 rings (SSSR count). The molecule has 1 N–H and O–H groups in total. The molecule has 7 nitrogen and oxygen atoms in total. The molecule has 1 atom stereocenters. The maximum Gasteiger partial charge on any atom is 0.416 e. The summed E-state index contributed by atoms with van der Waals surface area (Å²) in [5.41, 5.74) is -5.87. The zero-order chi connectivity index (χ0) is 30.0. The Bertz CT molecular complexity index is 1390. The van der Waals surface area contributed by atoms with Crippen molar-refractivity contribution in [2.75, 3.05) is 32.1 Å². The Morgan fingerprint density at radius 1 is 1.00 bits per heavy atom. The molecule has 218 valence electrons. The number of amides is 1. The van der Waals surface area contributed by atoms with Crippen LogP contribution in [0.15, 0.2) is 53.6 Å². The minimum Gasteiger partial charge on any atom is -0.390 e. The van der Waals surface area contributed by atoms with Crippen LogP contribution in [0.4, 0.5) is 36.4 Å². The van der Waals surface area contributed by atoms with Gasteiger partial charge in [-0.05, 0) is 63.0 Å². The third-order valence-corrected chi connectivity index (χ3v) is 6.03. The largest absolute Gasteiger partial charge is 0.416 e. The molecule has 0 fully saturated rings. The molecule has 0 spiro atoms. The standard InChI is InChI=1S/C26H27F7N4O3/c1-4-36(18-7-5-17(27)6-8-18)23(39)13-20-21(26(31,32)33)11-16(25(28,29)30)12-22(20)37-10-9-35(24(37)40)15-19(38)14-34(2)3/h5-12,19,38H,4,13-15H2,1-3H3. The highest BCUT2D eigenvalue weighted by molar-refractivity contribution is 5.95. The molecule has 0 saturated carbocycles. The van der Waals surface area contributed by atoms with Gasteiger partial charge in [0.2, 0.25) is 5.91 Å². The van der Waals surface area contributed by atoms with Crippen LogP contribution in [0.2, 0.25) is 0 Å². The van der Waals surface area contributed by atoms with Gasteiger partial charge in [-0.25, -0.2) is 9.18 Å². The van der Waals surface area contributed by atoms with E-state index in [1.807, 2.05) is 0 Å². The summed E-state index contributed by atoms with van der Waals surface area (Å²) in [4.78, 5) is 29.0. The van der Waals surface area contributed by atoms with Crippen LogP contribution in [-0.4, -0.2) is 58.3 Å². The summed E-state index contributed by atoms with van der Waals surface area (Å²) in [7, 11) is 3.32. The van der Waals surface area contributed by atoms with E-state index >= 15 is 0 Å². The summed E-state index contributed by atoms with van der Waals surface area (Å²) in [6.45, 7) is 1.33. The van der Waals surface area contributed by atoms with E-state index in [-0.39, 0.29) is 31.4 Å². The van der Waals surface area contributed by atoms with E-state index in [1.165, 1.54) is 19.1 Å². The number of aromatic nitrogens is 2. The third kappa shape index (κ3) is 7.10. The molecule has 1 heterocycles. The number of aliphatic hydroxyl groups excluding tert-OH is 1. The third-order valence-electron chi connectivity index (χ3n) is 6.03. The van der Waals surface area contributed by atoms with E-state index in [0.29, 0.717) is 10.6 Å². The number of anilines is 1. The molecule has 0 bridgehead atoms. The molecule has 0 saturated heterocycles. The lowest BCUT2D eigenvalue weighted by atomic mass is 9.97. The number of nitrogens with zero attached hydrogens (tertiary/aromatic N) is 4. The van der Waals surface area contributed by atoms with Crippen LogP contribution < -0.4 is 10.6 Å². The number of hydrogen-bond acceptors (Lipinski definition) is 4. The van der Waals surface area contributed by atoms with Crippen LogP contribution in [0.5, 0.6) is 0 Å². The molecule has 1 unspecified atom stereocenters. The molecule has 3 aromatic rings. The van der Waals surface area contributed by atoms with Crippen LogP contribution in [0.25, 0.3) is 5.69 Å². The van der Waals surface area contributed by atoms with Gasteiger partial charge in [0, 0.05) is 31.2 Å². The Hall–Kier alpha value is -3.65. The lowest BCUT2D eigenvalue weighted by molar-refractivity contribution is -0.143. The van der Waals surface area contributed by atoms with Gasteiger partial charge < -0.3 is 14.9 Å². The summed E-state index contributed by atoms with van der Waals surface area (Å²) < 4.78 is 98.4. The quantitative estimate of drug-likeness (QED) is 0.385. The summed E-state index contributed by atoms with van der Waals surface area (Å²) >= 11 is 0. The average Bonchev–Trinajstić information content (AvgIpc) is 3.18. The molecule has 0 aliphatic heterocycles. The van der Waals surface area contributed by atoms with Crippen molar-refractivity contribution < 1.29 is 40.6 Å². The van der Waals surface area contributed by atoms with E-state index in [1.54, 1.807) is 19.0 Å². The first-order valence-electron chi connectivity index (χ1n) is 12.0. The number of hydrogen-bond donors (Lipinski definition) is 1. The zero-order valence-electron chi connectivity index (χ0n) is 21.7. The minimum atomic E-state index is -5.31. The van der Waals surface area contributed by atoms with E-state index < -0.39 is 64.7 Å². The number of rotatable bonds is 9. The molecule has 1 amide bonds. The highest BCUT2D eigenvalue weighted by Crippen LogP contribution is 2.40. The number of carbonyl (C=O) groups excluding carboxylic acids is 1. The minimum absolute atomic E-state index is 0.0398. The Morgan fingerprint density at radius 3 is 2.15 bits per heavy atom. The van der Waals surface area contributed by atoms with Gasteiger partial charge in [-0.3, -0.25) is 13.9 Å². The smallest absolute Gasteiger partial charge is 0.390 e. The molecule has 1 aromatic heterocycles. The number of aliphatic hydroxyl groups is 1. The first-order chi connectivity index (χ1) is 18.5. The van der Waals surface area contributed by atoms with Crippen molar-refractivity contribution in [1.29, 1.82) is 0 Å². The second kappa shape index (κ2) is 11.8. The Balaban J connectivity index is 2.19. The van der Waals surface area contributed by atoms with Gasteiger partial charge in [0.15, 0.2) is 0 Å². The molecular formula is C26H27F7N4O3. The lowest BCUT2D eigenvalue weighted by Crippen LogP contribution is -2.35. The number of carbonyl (C=O) groups is 1. The van der Waals surface area contributed by atoms with Crippen molar-refractivity contribution in [3.63, 3.8) is 0 Å². The van der Waals surface area contributed by atoms with Gasteiger partial charge in [-0.2, -0.15) is 26.3 Å². The van der Waals surface area contributed by atoms with Crippen LogP contribution in [0.1, 0.15) is 23.6 Å². The summed E-state index contributed by atoms with van der Waals surface area (Å²) in [6, 6.07) is 4.85. The SMILES string of the molecule is CCN(C(=O)Cc1c(-n2ccn(CC(O)CN(C)C)c2=O)cc(C(F)(F)F)cc1C(F)(F)F)c1ccc(F)cc1. The highest BCUT2D eigenvalue weighted by Gasteiger charge is 2.40. The number of benzene rings is 2. The number of imidazole rings is 1. The number of halogens is 7. The first kappa shape index (κ1) is 30.9. The lowest BCUT2D eigenvalue weighted by Gasteiger charge is -2.24. The van der Waals surface area contributed by atoms with Gasteiger partial charge in [0.1, 0.15) is 5.82 Å². The van der Waals surface area contributed by atoms with Gasteiger partial charge in [-0.15, -0.1) is 0 Å². The van der Waals surface area contributed by atoms with Crippen LogP contribution in [0, 0.1) is 5.82 Å². The van der Waals surface area contributed by atoms with Gasteiger partial charge in [0.05, 0.1) is 35.9 Å². The van der Waals surface area contributed by atoms with Gasteiger partial charge in [0.25, 0.3) is 0 Å². The summed E-state index contributed by atoms with van der Waals surface area (Å²) in [5, 5.41) is 10.2. The van der Waals surface area contributed by atoms with E-state index in [2.05, 4.69) is 0 Å². The molecule has 14 heteroatoms. The van der Waals surface area contributed by atoms with Crippen LogP contribution >= 0.6 is 0 Å². The van der Waals surface area contributed by atoms with Crippen molar-refractivity contribution in [3.8, 4) is 5.69 Å². The topological polar surface area (TPSA) is 70.7 Å². The maximum atomic E-state index is 14.1. The highest BCUT2D eigenvalue weighted by atomic mass is 19.4. The summed E-state index contributed by atoms with van der Waals surface area (Å²) in [5.74, 6) is -1.54. The first-order valence-corrected chi connectivity index (χ1v) is 12.0. The normalized spacial score (nSPS) is 13.1. The zero-order valence-corrected chi connectivity index (χ0v) is 21.7. The molecular weight excluding hydrogens is 549 g/mol. The predicted octanol–water partition coefficient (Wildman–Crippen LogP) is 4.33. The fraction of sp³-hybridized carbons (Fsp3) is 0.385. The van der Waals surface area contributed by atoms with E-state index in [0.717, 1.165) is 34.0 Å². The fourth-order valence-corrected chi connectivity index (χ4v) is 4.29. The Kier molecular flexibility index (Phi) is 9.14. The molecule has 0 radical (unpaired) electrons. The van der Waals surface area contributed by atoms with Crippen molar-refractivity contribution in [3.05, 3.63) is 81.8 Å². The van der Waals surface area contributed by atoms with E-state index in [4.69, 9.17) is 0 Å². The van der Waals surface area contributed by atoms with Crippen molar-refractivity contribution >= 4 is 11.6 Å². The van der Waals surface area contributed by atoms with Crippen molar-refractivity contribution in [2.45, 2.75) is 38.3 Å². The van der Waals surface area contributed by atoms with Crippen LogP contribution in [-0.2, 0) is 30.1 Å². The van der Waals surface area contributed by atoms with E-state index in [9.17, 15) is 45.4 Å². The van der Waals surface area contributed by atoms with Crippen LogP contribution in [0.3, 0.4) is 0 Å². The second-order valence-electron chi connectivity index (χ2n) is 9.33. The van der Waals surface area contributed by atoms with Crippen molar-refractivity contribution in [2.24, 2.45) is 0 Å². The molecule has 2 aromatic carbocycles. The maximum absolute atomic E-state index is 14.1. The molecule has 0 aliphatic carbocycles. The Morgan fingerprint density at radius 2 is 1.62 bits per heavy atom. The van der Waals surface area contributed by atoms with Crippen molar-refractivity contribution in [1.82, 2.24) is 14.0 Å². The second-order valence-corrected chi connectivity index (χ2v) is 9.33. The average molecular weight is 577 g/mol. The molecule has 40 heavy (non-hydrogen) atoms. The van der Waals surface area contributed by atoms with Gasteiger partial charge in [-0.1, -0.05) is 0 Å². The number of likely N-dealkylation sites (N-methyl/N-ethyl adjacent to an activating group) is 2. The Labute approximate surface area is 224 Å². The predicted molar refractivity (Wildman–Crippen MR) is 133 cm³/mol. The summed E-state index contributed by atoms with van der Waals surface area (Å²) in [6.07, 6.45) is -10.5.